The van der Waals surface area contributed by atoms with Gasteiger partial charge in [-0.15, -0.1) is 0 Å². The van der Waals surface area contributed by atoms with Gasteiger partial charge in [0, 0.05) is 30.0 Å². The molecule has 0 heterocycles. The third-order valence-electron chi connectivity index (χ3n) is 8.52. The van der Waals surface area contributed by atoms with E-state index in [0.717, 1.165) is 34.4 Å². The molecule has 220 valence electrons. The van der Waals surface area contributed by atoms with Crippen molar-refractivity contribution in [3.05, 3.63) is 185 Å². The van der Waals surface area contributed by atoms with Crippen LogP contribution in [0.4, 0.5) is 0 Å². The Hall–Kier alpha value is -4.40. The summed E-state index contributed by atoms with van der Waals surface area (Å²) in [5.74, 6) is 0.757. The van der Waals surface area contributed by atoms with E-state index in [0.29, 0.717) is 12.5 Å². The minimum absolute atomic E-state index is 0.0501. The van der Waals surface area contributed by atoms with E-state index in [9.17, 15) is 0 Å². The molecule has 2 nitrogen and oxygen atoms in total. The number of benzene rings is 2. The summed E-state index contributed by atoms with van der Waals surface area (Å²) in [4.78, 5) is 0. The molecule has 0 fully saturated rings. The van der Waals surface area contributed by atoms with Gasteiger partial charge in [0.15, 0.2) is 0 Å². The van der Waals surface area contributed by atoms with Gasteiger partial charge in [0.05, 0.1) is 0 Å². The molecule has 4 N–H and O–H groups in total. The van der Waals surface area contributed by atoms with Crippen molar-refractivity contribution in [3.63, 3.8) is 0 Å². The predicted molar refractivity (Wildman–Crippen MR) is 187 cm³/mol. The van der Waals surface area contributed by atoms with Crippen molar-refractivity contribution < 1.29 is 0 Å². The molecule has 0 aromatic heterocycles. The lowest BCUT2D eigenvalue weighted by Gasteiger charge is -2.30. The van der Waals surface area contributed by atoms with E-state index in [-0.39, 0.29) is 17.8 Å². The van der Waals surface area contributed by atoms with Crippen LogP contribution in [0.2, 0.25) is 0 Å². The molecule has 4 atom stereocenters. The van der Waals surface area contributed by atoms with Gasteiger partial charge >= 0.3 is 0 Å². The summed E-state index contributed by atoms with van der Waals surface area (Å²) in [6.07, 6.45) is 22.4. The smallest absolute Gasteiger partial charge is 0.0477 e. The van der Waals surface area contributed by atoms with Crippen molar-refractivity contribution in [2.45, 2.75) is 39.0 Å². The molecular formula is C41H46N2. The maximum absolute atomic E-state index is 6.39. The lowest BCUT2D eigenvalue weighted by atomic mass is 9.75. The van der Waals surface area contributed by atoms with Crippen molar-refractivity contribution in [1.82, 2.24) is 0 Å². The average molecular weight is 567 g/mol. The zero-order valence-corrected chi connectivity index (χ0v) is 26.0. The fourth-order valence-electron chi connectivity index (χ4n) is 5.70. The van der Waals surface area contributed by atoms with Crippen molar-refractivity contribution >= 4 is 5.57 Å². The highest BCUT2D eigenvalue weighted by Gasteiger charge is 2.31. The summed E-state index contributed by atoms with van der Waals surface area (Å²) in [7, 11) is 0. The zero-order valence-electron chi connectivity index (χ0n) is 26.0. The topological polar surface area (TPSA) is 52.0 Å². The minimum atomic E-state index is 0.0501. The lowest BCUT2D eigenvalue weighted by Crippen LogP contribution is -2.24. The van der Waals surface area contributed by atoms with Gasteiger partial charge in [0.25, 0.3) is 0 Å². The van der Waals surface area contributed by atoms with Crippen molar-refractivity contribution in [1.29, 1.82) is 0 Å². The highest BCUT2D eigenvalue weighted by molar-refractivity contribution is 5.72. The zero-order chi connectivity index (χ0) is 30.9. The van der Waals surface area contributed by atoms with Crippen LogP contribution < -0.4 is 11.5 Å². The highest BCUT2D eigenvalue weighted by Crippen LogP contribution is 2.43. The van der Waals surface area contributed by atoms with E-state index in [1.165, 1.54) is 27.8 Å². The fraction of sp³-hybridized carbons (Fsp3) is 0.220. The van der Waals surface area contributed by atoms with Crippen LogP contribution in [0.5, 0.6) is 0 Å². The Morgan fingerprint density at radius 2 is 1.70 bits per heavy atom. The average Bonchev–Trinajstić information content (AvgIpc) is 3.38. The second-order valence-corrected chi connectivity index (χ2v) is 11.6. The summed E-state index contributed by atoms with van der Waals surface area (Å²) in [6, 6.07) is 19.4. The SMILES string of the molecule is C=C(\C=C/C(/C=C\CN)=C(\C)c1ccc(C2C(=C)C=CC2/C=C2/C=C(N)C2C(=C)/C=C\C(C)c2ccccc2)cc1)CC. The molecule has 0 spiro atoms. The summed E-state index contributed by atoms with van der Waals surface area (Å²) in [5.41, 5.74) is 23.5. The third kappa shape index (κ3) is 7.71. The van der Waals surface area contributed by atoms with Gasteiger partial charge in [0.2, 0.25) is 0 Å². The Kier molecular flexibility index (Phi) is 10.8. The van der Waals surface area contributed by atoms with Gasteiger partial charge in [-0.25, -0.2) is 0 Å². The Morgan fingerprint density at radius 1 is 0.977 bits per heavy atom. The molecule has 2 heteroatoms. The van der Waals surface area contributed by atoms with Crippen molar-refractivity contribution in [2.24, 2.45) is 23.3 Å². The van der Waals surface area contributed by atoms with E-state index >= 15 is 0 Å². The van der Waals surface area contributed by atoms with Gasteiger partial charge in [0.1, 0.15) is 0 Å². The maximum atomic E-state index is 6.39. The lowest BCUT2D eigenvalue weighted by molar-refractivity contribution is 0.692. The van der Waals surface area contributed by atoms with Gasteiger partial charge in [-0.05, 0) is 69.9 Å². The molecule has 0 amide bonds. The van der Waals surface area contributed by atoms with Crippen LogP contribution in [0.3, 0.4) is 0 Å². The normalized spacial score (nSPS) is 22.3. The van der Waals surface area contributed by atoms with Crippen LogP contribution in [-0.4, -0.2) is 6.54 Å². The molecule has 4 rings (SSSR count). The maximum Gasteiger partial charge on any atom is 0.0477 e. The van der Waals surface area contributed by atoms with Crippen LogP contribution in [0.1, 0.15) is 55.7 Å². The first-order valence-electron chi connectivity index (χ1n) is 15.2. The third-order valence-corrected chi connectivity index (χ3v) is 8.52. The van der Waals surface area contributed by atoms with E-state index in [1.54, 1.807) is 0 Å². The largest absolute Gasteiger partial charge is 0.401 e. The van der Waals surface area contributed by atoms with E-state index in [1.807, 2.05) is 12.1 Å². The molecule has 0 saturated heterocycles. The second-order valence-electron chi connectivity index (χ2n) is 11.6. The van der Waals surface area contributed by atoms with Gasteiger partial charge in [-0.3, -0.25) is 0 Å². The highest BCUT2D eigenvalue weighted by atomic mass is 14.6. The number of rotatable bonds is 12. The molecule has 2 aromatic rings. The van der Waals surface area contributed by atoms with Crippen LogP contribution in [0.15, 0.2) is 169 Å². The van der Waals surface area contributed by atoms with E-state index in [2.05, 4.69) is 144 Å². The second kappa shape index (κ2) is 14.7. The molecule has 0 radical (unpaired) electrons. The minimum Gasteiger partial charge on any atom is -0.401 e. The van der Waals surface area contributed by atoms with Crippen LogP contribution in [-0.2, 0) is 0 Å². The summed E-state index contributed by atoms with van der Waals surface area (Å²) < 4.78 is 0. The number of hydrogen-bond acceptors (Lipinski definition) is 2. The van der Waals surface area contributed by atoms with E-state index in [4.69, 9.17) is 11.5 Å². The molecule has 2 aliphatic rings. The molecule has 2 aromatic carbocycles. The molecule has 0 bridgehead atoms. The summed E-state index contributed by atoms with van der Waals surface area (Å²) in [6.45, 7) is 19.9. The summed E-state index contributed by atoms with van der Waals surface area (Å²) in [5, 5.41) is 0. The quantitative estimate of drug-likeness (QED) is 0.251. The van der Waals surface area contributed by atoms with Crippen LogP contribution in [0, 0.1) is 11.8 Å². The monoisotopic (exact) mass is 566 g/mol. The molecule has 43 heavy (non-hydrogen) atoms. The number of allylic oxidation sites excluding steroid dienone is 14. The van der Waals surface area contributed by atoms with Gasteiger partial charge in [-0.1, -0.05) is 148 Å². The molecule has 4 unspecified atom stereocenters. The van der Waals surface area contributed by atoms with Gasteiger partial charge in [-0.2, -0.15) is 0 Å². The summed E-state index contributed by atoms with van der Waals surface area (Å²) >= 11 is 0. The Morgan fingerprint density at radius 3 is 2.35 bits per heavy atom. The standard InChI is InChI=1S/C41H46N2/c1-7-28(2)15-19-34(14-11-25-42)32(6)35-21-23-36(24-22-35)40-30(4)18-20-37(40)26-38-27-39(43)41(38)31(5)17-16-29(3)33-12-9-8-10-13-33/h8-24,26-27,29,37,40-41H,2,4-5,7,25,42-43H2,1,3,6H3/b14-11-,17-16-,19-15-,34-32+,38-26-. The first kappa shape index (κ1) is 31.5. The Balaban J connectivity index is 1.53. The predicted octanol–water partition coefficient (Wildman–Crippen LogP) is 9.64. The molecule has 0 aliphatic heterocycles. The first-order chi connectivity index (χ1) is 20.7. The fourth-order valence-corrected chi connectivity index (χ4v) is 5.70. The van der Waals surface area contributed by atoms with Crippen molar-refractivity contribution in [3.8, 4) is 0 Å². The van der Waals surface area contributed by atoms with Crippen LogP contribution >= 0.6 is 0 Å². The first-order valence-corrected chi connectivity index (χ1v) is 15.2. The molecular weight excluding hydrogens is 520 g/mol. The molecule has 2 aliphatic carbocycles. The van der Waals surface area contributed by atoms with Crippen molar-refractivity contribution in [2.75, 3.05) is 6.54 Å². The Labute approximate surface area is 259 Å². The number of nitrogens with two attached hydrogens (primary N) is 2. The van der Waals surface area contributed by atoms with Gasteiger partial charge < -0.3 is 11.5 Å². The van der Waals surface area contributed by atoms with E-state index < -0.39 is 0 Å². The van der Waals surface area contributed by atoms with Crippen LogP contribution in [0.25, 0.3) is 5.57 Å². The molecule has 0 saturated carbocycles. The Bertz CT molecular complexity index is 1550. The number of hydrogen-bond donors (Lipinski definition) is 2.